The minimum atomic E-state index is 0.274. The van der Waals surface area contributed by atoms with E-state index in [1.54, 1.807) is 0 Å². The molecule has 0 saturated carbocycles. The minimum absolute atomic E-state index is 0.274. The van der Waals surface area contributed by atoms with Crippen LogP contribution < -0.4 is 5.32 Å². The van der Waals surface area contributed by atoms with Gasteiger partial charge in [-0.3, -0.25) is 0 Å². The van der Waals surface area contributed by atoms with Gasteiger partial charge in [0.2, 0.25) is 0 Å². The van der Waals surface area contributed by atoms with Crippen LogP contribution in [0.5, 0.6) is 0 Å². The maximum atomic E-state index is 5.99. The quantitative estimate of drug-likeness (QED) is 0.733. The van der Waals surface area contributed by atoms with Crippen LogP contribution in [0.15, 0.2) is 42.5 Å². The molecule has 2 heteroatoms. The van der Waals surface area contributed by atoms with Gasteiger partial charge in [0.05, 0.1) is 0 Å². The molecule has 0 amide bonds. The lowest BCUT2D eigenvalue weighted by molar-refractivity contribution is 0.851. The van der Waals surface area contributed by atoms with Gasteiger partial charge < -0.3 is 5.32 Å². The molecular formula is C18H22ClN. The lowest BCUT2D eigenvalue weighted by Gasteiger charge is -2.18. The first kappa shape index (κ1) is 14.9. The molecule has 20 heavy (non-hydrogen) atoms. The highest BCUT2D eigenvalue weighted by Crippen LogP contribution is 2.25. The van der Waals surface area contributed by atoms with E-state index in [-0.39, 0.29) is 6.04 Å². The summed E-state index contributed by atoms with van der Waals surface area (Å²) in [5, 5.41) is 4.32. The molecule has 0 radical (unpaired) electrons. The maximum absolute atomic E-state index is 5.99. The molecular weight excluding hydrogens is 266 g/mol. The van der Waals surface area contributed by atoms with Crippen LogP contribution in [-0.2, 0) is 0 Å². The molecule has 1 unspecified atom stereocenters. The lowest BCUT2D eigenvalue weighted by Crippen LogP contribution is -2.07. The van der Waals surface area contributed by atoms with Gasteiger partial charge in [0.15, 0.2) is 0 Å². The maximum Gasteiger partial charge on any atom is 0.0485 e. The fourth-order valence-corrected chi connectivity index (χ4v) is 2.50. The number of halogens is 1. The van der Waals surface area contributed by atoms with E-state index in [2.05, 4.69) is 57.3 Å². The summed E-state index contributed by atoms with van der Waals surface area (Å²) < 4.78 is 0. The highest BCUT2D eigenvalue weighted by molar-refractivity contribution is 6.30. The average molecular weight is 288 g/mol. The van der Waals surface area contributed by atoms with Crippen LogP contribution in [0.3, 0.4) is 0 Å². The van der Waals surface area contributed by atoms with Crippen molar-refractivity contribution in [2.75, 3.05) is 5.32 Å². The van der Waals surface area contributed by atoms with Crippen molar-refractivity contribution in [2.24, 2.45) is 0 Å². The van der Waals surface area contributed by atoms with Gasteiger partial charge >= 0.3 is 0 Å². The third-order valence-electron chi connectivity index (χ3n) is 3.66. The molecule has 0 saturated heterocycles. The van der Waals surface area contributed by atoms with Crippen LogP contribution in [0.4, 0.5) is 5.69 Å². The number of benzene rings is 2. The molecule has 1 nitrogen and oxygen atoms in total. The van der Waals surface area contributed by atoms with Gasteiger partial charge in [0.25, 0.3) is 0 Å². The third-order valence-corrected chi connectivity index (χ3v) is 3.90. The second-order valence-electron chi connectivity index (χ2n) is 5.65. The van der Waals surface area contributed by atoms with E-state index in [1.165, 1.54) is 16.7 Å². The van der Waals surface area contributed by atoms with Gasteiger partial charge in [-0.1, -0.05) is 49.7 Å². The van der Waals surface area contributed by atoms with Crippen molar-refractivity contribution in [2.45, 2.75) is 39.7 Å². The molecule has 106 valence electrons. The molecule has 1 atom stereocenters. The smallest absolute Gasteiger partial charge is 0.0485 e. The molecule has 2 aromatic rings. The SMILES string of the molecule is Cc1cc(Cl)ccc1NC(C)c1ccc(C(C)C)cc1. The first-order valence-electron chi connectivity index (χ1n) is 7.10. The molecule has 0 aliphatic carbocycles. The number of anilines is 1. The van der Waals surface area contributed by atoms with E-state index in [4.69, 9.17) is 11.6 Å². The normalized spacial score (nSPS) is 12.5. The van der Waals surface area contributed by atoms with Gasteiger partial charge in [-0.15, -0.1) is 0 Å². The van der Waals surface area contributed by atoms with E-state index in [0.29, 0.717) is 5.92 Å². The van der Waals surface area contributed by atoms with Gasteiger partial charge in [0, 0.05) is 16.8 Å². The second kappa shape index (κ2) is 6.32. The summed E-state index contributed by atoms with van der Waals surface area (Å²) in [5.41, 5.74) is 4.98. The number of rotatable bonds is 4. The summed E-state index contributed by atoms with van der Waals surface area (Å²) in [6.45, 7) is 8.68. The zero-order chi connectivity index (χ0) is 14.7. The summed E-state index contributed by atoms with van der Waals surface area (Å²) in [7, 11) is 0. The Morgan fingerprint density at radius 2 is 1.50 bits per heavy atom. The monoisotopic (exact) mass is 287 g/mol. The standard InChI is InChI=1S/C18H22ClN/c1-12(2)15-5-7-16(8-6-15)14(4)20-18-10-9-17(19)11-13(18)3/h5-12,14,20H,1-4H3. The van der Waals surface area contributed by atoms with E-state index >= 15 is 0 Å². The van der Waals surface area contributed by atoms with E-state index in [9.17, 15) is 0 Å². The predicted octanol–water partition coefficient (Wildman–Crippen LogP) is 5.94. The molecule has 2 rings (SSSR count). The molecule has 1 N–H and O–H groups in total. The Morgan fingerprint density at radius 3 is 2.05 bits per heavy atom. The molecule has 0 aliphatic rings. The topological polar surface area (TPSA) is 12.0 Å². The van der Waals surface area contributed by atoms with Gasteiger partial charge in [0.1, 0.15) is 0 Å². The Morgan fingerprint density at radius 1 is 0.900 bits per heavy atom. The van der Waals surface area contributed by atoms with Crippen molar-refractivity contribution in [3.63, 3.8) is 0 Å². The fourth-order valence-electron chi connectivity index (χ4n) is 2.28. The number of hydrogen-bond acceptors (Lipinski definition) is 1. The van der Waals surface area contributed by atoms with Crippen molar-refractivity contribution >= 4 is 17.3 Å². The Kier molecular flexibility index (Phi) is 4.72. The van der Waals surface area contributed by atoms with Crippen LogP contribution in [-0.4, -0.2) is 0 Å². The summed E-state index contributed by atoms with van der Waals surface area (Å²) in [6.07, 6.45) is 0. The summed E-state index contributed by atoms with van der Waals surface area (Å²) >= 11 is 5.99. The van der Waals surface area contributed by atoms with Crippen LogP contribution in [0.25, 0.3) is 0 Å². The molecule has 0 bridgehead atoms. The third kappa shape index (κ3) is 3.55. The number of hydrogen-bond donors (Lipinski definition) is 1. The molecule has 0 spiro atoms. The van der Waals surface area contributed by atoms with Crippen LogP contribution >= 0.6 is 11.6 Å². The predicted molar refractivity (Wildman–Crippen MR) is 88.8 cm³/mol. The first-order chi connectivity index (χ1) is 9.47. The largest absolute Gasteiger partial charge is 0.378 e. The Bertz CT molecular complexity index is 572. The fraction of sp³-hybridized carbons (Fsp3) is 0.333. The van der Waals surface area contributed by atoms with E-state index in [0.717, 1.165) is 10.7 Å². The van der Waals surface area contributed by atoms with E-state index in [1.807, 2.05) is 18.2 Å². The van der Waals surface area contributed by atoms with Crippen molar-refractivity contribution in [3.05, 3.63) is 64.2 Å². The summed E-state index contributed by atoms with van der Waals surface area (Å²) in [4.78, 5) is 0. The molecule has 0 aliphatic heterocycles. The van der Waals surface area contributed by atoms with Gasteiger partial charge in [-0.05, 0) is 54.7 Å². The van der Waals surface area contributed by atoms with Crippen molar-refractivity contribution in [1.82, 2.24) is 0 Å². The summed E-state index contributed by atoms with van der Waals surface area (Å²) in [6, 6.07) is 15.1. The molecule has 0 heterocycles. The van der Waals surface area contributed by atoms with Crippen LogP contribution in [0.2, 0.25) is 5.02 Å². The second-order valence-corrected chi connectivity index (χ2v) is 6.08. The van der Waals surface area contributed by atoms with Crippen LogP contribution in [0, 0.1) is 6.92 Å². The highest BCUT2D eigenvalue weighted by Gasteiger charge is 2.08. The zero-order valence-electron chi connectivity index (χ0n) is 12.6. The van der Waals surface area contributed by atoms with Gasteiger partial charge in [-0.2, -0.15) is 0 Å². The van der Waals surface area contributed by atoms with E-state index < -0.39 is 0 Å². The van der Waals surface area contributed by atoms with Gasteiger partial charge in [-0.25, -0.2) is 0 Å². The Balaban J connectivity index is 2.13. The van der Waals surface area contributed by atoms with Crippen molar-refractivity contribution in [3.8, 4) is 0 Å². The minimum Gasteiger partial charge on any atom is -0.378 e. The first-order valence-corrected chi connectivity index (χ1v) is 7.47. The lowest BCUT2D eigenvalue weighted by atomic mass is 9.99. The Hall–Kier alpha value is -1.47. The molecule has 0 fully saturated rings. The summed E-state index contributed by atoms with van der Waals surface area (Å²) in [5.74, 6) is 0.575. The van der Waals surface area contributed by atoms with Crippen LogP contribution in [0.1, 0.15) is 49.4 Å². The highest BCUT2D eigenvalue weighted by atomic mass is 35.5. The number of nitrogens with one attached hydrogen (secondary N) is 1. The van der Waals surface area contributed by atoms with Crippen molar-refractivity contribution in [1.29, 1.82) is 0 Å². The molecule has 2 aromatic carbocycles. The van der Waals surface area contributed by atoms with Crippen molar-refractivity contribution < 1.29 is 0 Å². The zero-order valence-corrected chi connectivity index (χ0v) is 13.3. The average Bonchev–Trinajstić information content (AvgIpc) is 2.42. The molecule has 0 aromatic heterocycles. The Labute approximate surface area is 127 Å². The number of aryl methyl sites for hydroxylation is 1.